The molecule has 74 valence electrons. The van der Waals surface area contributed by atoms with Gasteiger partial charge in [0.05, 0.1) is 5.25 Å². The number of rotatable bonds is 2. The zero-order valence-corrected chi connectivity index (χ0v) is 8.94. The van der Waals surface area contributed by atoms with E-state index in [1.54, 1.807) is 0 Å². The summed E-state index contributed by atoms with van der Waals surface area (Å²) in [7, 11) is 0. The Labute approximate surface area is 84.7 Å². The van der Waals surface area contributed by atoms with E-state index in [0.717, 1.165) is 24.5 Å². The Morgan fingerprint density at radius 3 is 2.38 bits per heavy atom. The maximum absolute atomic E-state index is 11.6. The highest BCUT2D eigenvalue weighted by molar-refractivity contribution is 8.01. The van der Waals surface area contributed by atoms with Gasteiger partial charge in [0.2, 0.25) is 0 Å². The second-order valence-electron chi connectivity index (χ2n) is 4.24. The van der Waals surface area contributed by atoms with Gasteiger partial charge in [-0.25, -0.2) is 0 Å². The number of thioether (sulfide) groups is 1. The van der Waals surface area contributed by atoms with E-state index in [9.17, 15) is 4.79 Å². The first-order valence-electron chi connectivity index (χ1n) is 5.54. The summed E-state index contributed by atoms with van der Waals surface area (Å²) < 4.78 is 0. The first-order chi connectivity index (χ1) is 6.36. The Morgan fingerprint density at radius 1 is 1.00 bits per heavy atom. The smallest absolute Gasteiger partial charge is 0.145 e. The van der Waals surface area contributed by atoms with Crippen LogP contribution in [0.25, 0.3) is 0 Å². The second-order valence-corrected chi connectivity index (χ2v) is 5.75. The molecule has 1 unspecified atom stereocenters. The predicted octanol–water partition coefficient (Wildman–Crippen LogP) is 3.17. The van der Waals surface area contributed by atoms with Crippen LogP contribution in [0.5, 0.6) is 0 Å². The van der Waals surface area contributed by atoms with Gasteiger partial charge in [-0.15, -0.1) is 11.8 Å². The number of carbonyl (C=O) groups is 1. The SMILES string of the molecule is O=C1CCCCC1SC1CCCC1. The molecule has 0 radical (unpaired) electrons. The zero-order valence-electron chi connectivity index (χ0n) is 8.13. The molecule has 1 atom stereocenters. The van der Waals surface area contributed by atoms with Crippen LogP contribution in [0.3, 0.4) is 0 Å². The van der Waals surface area contributed by atoms with Crippen LogP contribution in [0.1, 0.15) is 51.4 Å². The molecule has 2 fully saturated rings. The van der Waals surface area contributed by atoms with Crippen molar-refractivity contribution in [2.45, 2.75) is 61.9 Å². The normalized spacial score (nSPS) is 31.1. The van der Waals surface area contributed by atoms with Crippen LogP contribution >= 0.6 is 11.8 Å². The van der Waals surface area contributed by atoms with E-state index in [-0.39, 0.29) is 0 Å². The topological polar surface area (TPSA) is 17.1 Å². The van der Waals surface area contributed by atoms with Gasteiger partial charge in [0.1, 0.15) is 5.78 Å². The van der Waals surface area contributed by atoms with Gasteiger partial charge in [-0.3, -0.25) is 4.79 Å². The Kier molecular flexibility index (Phi) is 3.31. The summed E-state index contributed by atoms with van der Waals surface area (Å²) >= 11 is 1.99. The predicted molar refractivity (Wildman–Crippen MR) is 57.1 cm³/mol. The molecule has 0 aromatic heterocycles. The minimum atomic E-state index is 0.372. The van der Waals surface area contributed by atoms with E-state index in [1.165, 1.54) is 32.1 Å². The average Bonchev–Trinajstić information content (AvgIpc) is 2.61. The number of carbonyl (C=O) groups excluding carboxylic acids is 1. The fourth-order valence-electron chi connectivity index (χ4n) is 2.35. The van der Waals surface area contributed by atoms with E-state index < -0.39 is 0 Å². The molecule has 2 aliphatic carbocycles. The standard InChI is InChI=1S/C11H18OS/c12-10-7-3-4-8-11(10)13-9-5-1-2-6-9/h9,11H,1-8H2. The van der Waals surface area contributed by atoms with Gasteiger partial charge in [-0.05, 0) is 25.7 Å². The minimum Gasteiger partial charge on any atom is -0.298 e. The van der Waals surface area contributed by atoms with E-state index in [4.69, 9.17) is 0 Å². The van der Waals surface area contributed by atoms with Crippen LogP contribution in [-0.4, -0.2) is 16.3 Å². The Bertz CT molecular complexity index is 185. The fraction of sp³-hybridized carbons (Fsp3) is 0.909. The largest absolute Gasteiger partial charge is 0.298 e. The van der Waals surface area contributed by atoms with Crippen LogP contribution < -0.4 is 0 Å². The summed E-state index contributed by atoms with van der Waals surface area (Å²) in [6.07, 6.45) is 9.90. The molecule has 0 aliphatic heterocycles. The van der Waals surface area contributed by atoms with E-state index in [2.05, 4.69) is 0 Å². The highest BCUT2D eigenvalue weighted by atomic mass is 32.2. The summed E-state index contributed by atoms with van der Waals surface area (Å²) in [6.45, 7) is 0. The molecule has 1 nitrogen and oxygen atoms in total. The quantitative estimate of drug-likeness (QED) is 0.678. The molecule has 0 spiro atoms. The monoisotopic (exact) mass is 198 g/mol. The highest BCUT2D eigenvalue weighted by Gasteiger charge is 2.27. The molecule has 13 heavy (non-hydrogen) atoms. The maximum atomic E-state index is 11.6. The number of Topliss-reactive ketones (excluding diaryl/α,β-unsaturated/α-hetero) is 1. The molecule has 0 aromatic rings. The Hall–Kier alpha value is 0.0200. The molecular formula is C11H18OS. The summed E-state index contributed by atoms with van der Waals surface area (Å²) in [4.78, 5) is 11.6. The van der Waals surface area contributed by atoms with Crippen LogP contribution in [0, 0.1) is 0 Å². The number of hydrogen-bond acceptors (Lipinski definition) is 2. The fourth-order valence-corrected chi connectivity index (χ4v) is 3.99. The summed E-state index contributed by atoms with van der Waals surface area (Å²) in [5.74, 6) is 0.531. The van der Waals surface area contributed by atoms with Crippen LogP contribution in [0.4, 0.5) is 0 Å². The van der Waals surface area contributed by atoms with Crippen molar-refractivity contribution >= 4 is 17.5 Å². The molecule has 2 aliphatic rings. The molecule has 2 rings (SSSR count). The lowest BCUT2D eigenvalue weighted by Gasteiger charge is -2.22. The summed E-state index contributed by atoms with van der Waals surface area (Å²) in [5.41, 5.74) is 0. The van der Waals surface area contributed by atoms with Crippen molar-refractivity contribution in [3.8, 4) is 0 Å². The van der Waals surface area contributed by atoms with E-state index in [0.29, 0.717) is 11.0 Å². The number of ketones is 1. The van der Waals surface area contributed by atoms with Gasteiger partial charge in [0.25, 0.3) is 0 Å². The molecule has 2 saturated carbocycles. The first-order valence-corrected chi connectivity index (χ1v) is 6.49. The van der Waals surface area contributed by atoms with Gasteiger partial charge in [0.15, 0.2) is 0 Å². The first kappa shape index (κ1) is 9.57. The van der Waals surface area contributed by atoms with Crippen molar-refractivity contribution in [3.05, 3.63) is 0 Å². The average molecular weight is 198 g/mol. The van der Waals surface area contributed by atoms with Gasteiger partial charge in [0, 0.05) is 11.7 Å². The third kappa shape index (κ3) is 2.49. The Balaban J connectivity index is 1.81. The van der Waals surface area contributed by atoms with Crippen molar-refractivity contribution in [3.63, 3.8) is 0 Å². The molecular weight excluding hydrogens is 180 g/mol. The molecule has 0 aromatic carbocycles. The van der Waals surface area contributed by atoms with Crippen LogP contribution in [0.2, 0.25) is 0 Å². The second kappa shape index (κ2) is 4.50. The van der Waals surface area contributed by atoms with Gasteiger partial charge in [-0.2, -0.15) is 0 Å². The molecule has 0 bridgehead atoms. The summed E-state index contributed by atoms with van der Waals surface area (Å²) in [5, 5.41) is 1.18. The Morgan fingerprint density at radius 2 is 1.69 bits per heavy atom. The van der Waals surface area contributed by atoms with E-state index in [1.807, 2.05) is 11.8 Å². The van der Waals surface area contributed by atoms with Gasteiger partial charge >= 0.3 is 0 Å². The van der Waals surface area contributed by atoms with Crippen LogP contribution in [0.15, 0.2) is 0 Å². The summed E-state index contributed by atoms with van der Waals surface area (Å²) in [6, 6.07) is 0. The zero-order chi connectivity index (χ0) is 9.10. The maximum Gasteiger partial charge on any atom is 0.145 e. The van der Waals surface area contributed by atoms with E-state index >= 15 is 0 Å². The highest BCUT2D eigenvalue weighted by Crippen LogP contribution is 2.36. The lowest BCUT2D eigenvalue weighted by molar-refractivity contribution is -0.119. The molecule has 0 N–H and O–H groups in total. The van der Waals surface area contributed by atoms with Crippen molar-refractivity contribution in [2.24, 2.45) is 0 Å². The minimum absolute atomic E-state index is 0.372. The van der Waals surface area contributed by atoms with Crippen molar-refractivity contribution in [1.29, 1.82) is 0 Å². The van der Waals surface area contributed by atoms with Gasteiger partial charge in [-0.1, -0.05) is 19.3 Å². The molecule has 0 saturated heterocycles. The van der Waals surface area contributed by atoms with Crippen molar-refractivity contribution in [1.82, 2.24) is 0 Å². The van der Waals surface area contributed by atoms with Crippen molar-refractivity contribution in [2.75, 3.05) is 0 Å². The molecule has 0 heterocycles. The molecule has 2 heteroatoms. The lowest BCUT2D eigenvalue weighted by atomic mass is 9.99. The number of hydrogen-bond donors (Lipinski definition) is 0. The van der Waals surface area contributed by atoms with Crippen molar-refractivity contribution < 1.29 is 4.79 Å². The lowest BCUT2D eigenvalue weighted by Crippen LogP contribution is -2.23. The van der Waals surface area contributed by atoms with Crippen LogP contribution in [-0.2, 0) is 4.79 Å². The third-order valence-corrected chi connectivity index (χ3v) is 4.84. The third-order valence-electron chi connectivity index (χ3n) is 3.16. The molecule has 0 amide bonds. The van der Waals surface area contributed by atoms with Gasteiger partial charge < -0.3 is 0 Å².